The number of fused-ring (bicyclic) bond motifs is 20. The fraction of sp³-hybridized carbons (Fsp3) is 1.00. The van der Waals surface area contributed by atoms with Gasteiger partial charge in [0.25, 0.3) is 0 Å². The Morgan fingerprint density at radius 1 is 0.238 bits per heavy atom. The molecule has 5 aliphatic heterocycles. The van der Waals surface area contributed by atoms with Crippen LogP contribution < -0.4 is 42.5 Å². The number of rotatable bonds is 0. The molecule has 4 saturated carbocycles. The Labute approximate surface area is 272 Å². The fourth-order valence-electron chi connectivity index (χ4n) is 12.0. The first-order valence-electron chi connectivity index (χ1n) is 17.9. The molecule has 9 rings (SSSR count). The van der Waals surface area contributed by atoms with Gasteiger partial charge in [-0.25, -0.2) is 0 Å². The van der Waals surface area contributed by atoms with Gasteiger partial charge in [-0.05, 0) is 98.7 Å². The summed E-state index contributed by atoms with van der Waals surface area (Å²) in [6, 6.07) is 0. The van der Waals surface area contributed by atoms with E-state index in [1.165, 1.54) is 103 Å². The van der Waals surface area contributed by atoms with Crippen molar-refractivity contribution in [2.75, 3.05) is 0 Å². The number of nitrogens with one attached hydrogen (secondary N) is 8. The van der Waals surface area contributed by atoms with Gasteiger partial charge in [0.05, 0.1) is 49.3 Å². The predicted molar refractivity (Wildman–Crippen MR) is 171 cm³/mol. The van der Waals surface area contributed by atoms with Gasteiger partial charge in [0, 0.05) is 0 Å². The second-order valence-corrected chi connectivity index (χ2v) is 15.6. The van der Waals surface area contributed by atoms with Crippen LogP contribution in [0.4, 0.5) is 0 Å². The molecule has 9 fully saturated rings. The molecule has 238 valence electrons. The Balaban J connectivity index is 0.00000144. The Kier molecular flexibility index (Phi) is 9.60. The SMILES string of the molecule is C1CCC2C3NC(NC4NC(NC5NC(NC6NC(N3)C3CCCCC63)C3CCCCC53)C3CCCCC43)C2C1.O.[InH3]. The van der Waals surface area contributed by atoms with Gasteiger partial charge in [-0.15, -0.1) is 0 Å². The summed E-state index contributed by atoms with van der Waals surface area (Å²) in [4.78, 5) is 0. The Bertz CT molecular complexity index is 723. The van der Waals surface area contributed by atoms with E-state index >= 15 is 0 Å². The van der Waals surface area contributed by atoms with Crippen LogP contribution in [-0.2, 0) is 0 Å². The molecule has 5 heterocycles. The van der Waals surface area contributed by atoms with Gasteiger partial charge in [0.2, 0.25) is 0 Å². The van der Waals surface area contributed by atoms with Gasteiger partial charge < -0.3 is 5.48 Å². The van der Waals surface area contributed by atoms with Crippen molar-refractivity contribution in [3.05, 3.63) is 0 Å². The molecule has 0 aromatic carbocycles. The summed E-state index contributed by atoms with van der Waals surface area (Å²) < 4.78 is 0. The standard InChI is InChI=1S/C32H56N8.In.H2O.3H/c1-2-10-18-17(9-1)25-33-26(18)38-28-21-13-5-6-14-22(21)30(35-28)40-32-24-16-8-7-15-23(24)31(36-32)39-29-20-12-4-3-11-19(20)27(34-29)37-25;;;;;/h17-40H,1-16H2;;1H2;;;. The van der Waals surface area contributed by atoms with Crippen molar-refractivity contribution in [3.8, 4) is 0 Å². The summed E-state index contributed by atoms with van der Waals surface area (Å²) >= 11 is 0. The van der Waals surface area contributed by atoms with Crippen LogP contribution in [0.5, 0.6) is 0 Å². The van der Waals surface area contributed by atoms with Crippen molar-refractivity contribution >= 4 is 25.8 Å². The summed E-state index contributed by atoms with van der Waals surface area (Å²) in [7, 11) is 0. The molecule has 8 bridgehead atoms. The zero-order valence-electron chi connectivity index (χ0n) is 25.1. The normalized spacial score (nSPS) is 54.9. The van der Waals surface area contributed by atoms with Crippen molar-refractivity contribution < 1.29 is 5.48 Å². The van der Waals surface area contributed by atoms with Gasteiger partial charge >= 0.3 is 25.8 Å². The van der Waals surface area contributed by atoms with Gasteiger partial charge in [-0.1, -0.05) is 51.4 Å². The molecule has 9 nitrogen and oxygen atoms in total. The summed E-state index contributed by atoms with van der Waals surface area (Å²) in [5.74, 6) is 5.97. The third-order valence-electron chi connectivity index (χ3n) is 13.8. The molecule has 0 aromatic heterocycles. The molecular weight excluding hydrogens is 627 g/mol. The van der Waals surface area contributed by atoms with Crippen LogP contribution in [-0.4, -0.2) is 80.6 Å². The van der Waals surface area contributed by atoms with Gasteiger partial charge in [0.15, 0.2) is 0 Å². The van der Waals surface area contributed by atoms with Crippen LogP contribution in [0.25, 0.3) is 0 Å². The monoisotopic (exact) mass is 688 g/mol. The van der Waals surface area contributed by atoms with Crippen LogP contribution in [0.1, 0.15) is 103 Å². The molecule has 42 heavy (non-hydrogen) atoms. The summed E-state index contributed by atoms with van der Waals surface area (Å²) in [6.45, 7) is 0. The van der Waals surface area contributed by atoms with Crippen molar-refractivity contribution in [2.24, 2.45) is 47.3 Å². The van der Waals surface area contributed by atoms with E-state index in [9.17, 15) is 0 Å². The minimum atomic E-state index is 0. The number of hydrogen-bond acceptors (Lipinski definition) is 8. The average Bonchev–Trinajstić information content (AvgIpc) is 3.73. The van der Waals surface area contributed by atoms with E-state index in [0.29, 0.717) is 49.3 Å². The molecule has 9 aliphatic rings. The first-order chi connectivity index (χ1) is 19.8. The van der Waals surface area contributed by atoms with E-state index in [1.54, 1.807) is 0 Å². The van der Waals surface area contributed by atoms with Crippen LogP contribution in [0, 0.1) is 47.3 Å². The zero-order chi connectivity index (χ0) is 26.2. The van der Waals surface area contributed by atoms with Crippen molar-refractivity contribution in [1.29, 1.82) is 0 Å². The Hall–Kier alpha value is 0.510. The maximum absolute atomic E-state index is 4.26. The van der Waals surface area contributed by atoms with Gasteiger partial charge in [-0.3, -0.25) is 42.5 Å². The van der Waals surface area contributed by atoms with E-state index in [1.807, 2.05) is 0 Å². The summed E-state index contributed by atoms with van der Waals surface area (Å²) in [6.07, 6.45) is 25.6. The molecule has 4 aliphatic carbocycles. The third kappa shape index (κ3) is 5.37. The van der Waals surface area contributed by atoms with Crippen LogP contribution >= 0.6 is 0 Å². The first kappa shape index (κ1) is 31.1. The Morgan fingerprint density at radius 2 is 0.357 bits per heavy atom. The van der Waals surface area contributed by atoms with Crippen molar-refractivity contribution in [2.45, 2.75) is 152 Å². The summed E-state index contributed by atoms with van der Waals surface area (Å²) in [5, 5.41) is 33.8. The fourth-order valence-corrected chi connectivity index (χ4v) is 12.0. The van der Waals surface area contributed by atoms with Crippen LogP contribution in [0.3, 0.4) is 0 Å². The van der Waals surface area contributed by atoms with Crippen LogP contribution in [0.15, 0.2) is 0 Å². The third-order valence-corrected chi connectivity index (χ3v) is 13.8. The van der Waals surface area contributed by atoms with E-state index in [4.69, 9.17) is 0 Å². The van der Waals surface area contributed by atoms with Gasteiger partial charge in [0.1, 0.15) is 0 Å². The predicted octanol–water partition coefficient (Wildman–Crippen LogP) is 0.597. The molecule has 10 heteroatoms. The average molecular weight is 689 g/mol. The van der Waals surface area contributed by atoms with E-state index < -0.39 is 0 Å². The van der Waals surface area contributed by atoms with E-state index in [0.717, 1.165) is 47.3 Å². The first-order valence-corrected chi connectivity index (χ1v) is 17.9. The topological polar surface area (TPSA) is 128 Å². The molecule has 0 aromatic rings. The molecule has 0 spiro atoms. The van der Waals surface area contributed by atoms with Gasteiger partial charge in [-0.2, -0.15) is 0 Å². The van der Waals surface area contributed by atoms with Crippen molar-refractivity contribution in [1.82, 2.24) is 42.5 Å². The van der Waals surface area contributed by atoms with Crippen LogP contribution in [0.2, 0.25) is 0 Å². The second kappa shape index (κ2) is 13.0. The quantitative estimate of drug-likeness (QED) is 0.186. The molecule has 0 amide bonds. The minimum absolute atomic E-state index is 0. The molecule has 0 radical (unpaired) electrons. The molecular formula is C32H61InN8O. The summed E-state index contributed by atoms with van der Waals surface area (Å²) in [5.41, 5.74) is 0. The molecule has 10 N–H and O–H groups in total. The Morgan fingerprint density at radius 3 is 0.476 bits per heavy atom. The molecule has 8 atom stereocenters. The molecule has 5 saturated heterocycles. The second-order valence-electron chi connectivity index (χ2n) is 15.6. The zero-order valence-corrected chi connectivity index (χ0v) is 25.1. The van der Waals surface area contributed by atoms with E-state index in [-0.39, 0.29) is 31.3 Å². The van der Waals surface area contributed by atoms with Crippen molar-refractivity contribution in [3.63, 3.8) is 0 Å². The number of hydrogen-bond donors (Lipinski definition) is 8. The van der Waals surface area contributed by atoms with E-state index in [2.05, 4.69) is 42.5 Å². The molecule has 8 unspecified atom stereocenters. The maximum atomic E-state index is 4.26.